The first-order valence-electron chi connectivity index (χ1n) is 7.82. The van der Waals surface area contributed by atoms with Crippen LogP contribution in [0, 0.1) is 23.3 Å². The molecule has 24 heavy (non-hydrogen) atoms. The Bertz CT molecular complexity index is 729. The van der Waals surface area contributed by atoms with E-state index < -0.39 is 23.2 Å². The maximum absolute atomic E-state index is 14.3. The molecule has 1 fully saturated rings. The highest BCUT2D eigenvalue weighted by molar-refractivity contribution is 5.33. The minimum Gasteiger partial charge on any atom is -0.483 e. The van der Waals surface area contributed by atoms with Gasteiger partial charge in [0.1, 0.15) is 12.4 Å². The van der Waals surface area contributed by atoms with Gasteiger partial charge < -0.3 is 10.1 Å². The highest BCUT2D eigenvalue weighted by atomic mass is 19.2. The van der Waals surface area contributed by atoms with E-state index in [0.29, 0.717) is 17.2 Å². The van der Waals surface area contributed by atoms with Crippen molar-refractivity contribution in [1.82, 2.24) is 5.32 Å². The highest BCUT2D eigenvalue weighted by Crippen LogP contribution is 2.32. The molecular formula is C18H17F4NO. The van der Waals surface area contributed by atoms with Crippen molar-refractivity contribution in [2.45, 2.75) is 25.4 Å². The fraction of sp³-hybridized carbons (Fsp3) is 0.333. The van der Waals surface area contributed by atoms with Crippen LogP contribution < -0.4 is 10.1 Å². The fourth-order valence-corrected chi connectivity index (χ4v) is 3.07. The fourth-order valence-electron chi connectivity index (χ4n) is 3.07. The summed E-state index contributed by atoms with van der Waals surface area (Å²) in [5.41, 5.74) is 1.03. The summed E-state index contributed by atoms with van der Waals surface area (Å²) < 4.78 is 60.0. The highest BCUT2D eigenvalue weighted by Gasteiger charge is 2.23. The summed E-state index contributed by atoms with van der Waals surface area (Å²) in [5.74, 6) is -4.68. The van der Waals surface area contributed by atoms with Crippen molar-refractivity contribution in [3.05, 3.63) is 64.7 Å². The van der Waals surface area contributed by atoms with Crippen LogP contribution in [0.3, 0.4) is 0 Å². The lowest BCUT2D eigenvalue weighted by atomic mass is 9.87. The van der Waals surface area contributed by atoms with Crippen molar-refractivity contribution < 1.29 is 22.3 Å². The van der Waals surface area contributed by atoms with E-state index in [1.807, 2.05) is 0 Å². The Balaban J connectivity index is 1.86. The molecule has 0 spiro atoms. The lowest BCUT2D eigenvalue weighted by molar-refractivity contribution is 0.265. The van der Waals surface area contributed by atoms with Gasteiger partial charge in [0.25, 0.3) is 0 Å². The van der Waals surface area contributed by atoms with Crippen LogP contribution in [0.1, 0.15) is 29.9 Å². The quantitative estimate of drug-likeness (QED) is 0.663. The van der Waals surface area contributed by atoms with Crippen LogP contribution in [0.4, 0.5) is 17.6 Å². The third-order valence-corrected chi connectivity index (χ3v) is 4.26. The smallest absolute Gasteiger partial charge is 0.203 e. The van der Waals surface area contributed by atoms with Crippen LogP contribution in [0.15, 0.2) is 30.3 Å². The zero-order valence-electron chi connectivity index (χ0n) is 12.9. The third-order valence-electron chi connectivity index (χ3n) is 4.26. The first-order valence-corrected chi connectivity index (χ1v) is 7.82. The van der Waals surface area contributed by atoms with Crippen LogP contribution in [-0.4, -0.2) is 13.1 Å². The molecule has 2 nitrogen and oxygen atoms in total. The summed E-state index contributed by atoms with van der Waals surface area (Å²) >= 11 is 0. The predicted octanol–water partition coefficient (Wildman–Crippen LogP) is 4.29. The number of nitrogens with one attached hydrogen (secondary N) is 1. The normalized spacial score (nSPS) is 15.5. The summed E-state index contributed by atoms with van der Waals surface area (Å²) in [4.78, 5) is 0. The number of rotatable bonds is 4. The Morgan fingerprint density at radius 3 is 2.38 bits per heavy atom. The third kappa shape index (κ3) is 3.38. The summed E-state index contributed by atoms with van der Waals surface area (Å²) in [6.07, 6.45) is 1.55. The molecule has 1 aliphatic rings. The summed E-state index contributed by atoms with van der Waals surface area (Å²) in [6.45, 7) is 1.34. The van der Waals surface area contributed by atoms with Crippen LogP contribution in [0.5, 0.6) is 5.75 Å². The molecule has 3 rings (SSSR count). The van der Waals surface area contributed by atoms with E-state index in [4.69, 9.17) is 4.74 Å². The average molecular weight is 339 g/mol. The van der Waals surface area contributed by atoms with E-state index in [1.54, 1.807) is 6.07 Å². The second kappa shape index (κ2) is 7.21. The van der Waals surface area contributed by atoms with Gasteiger partial charge >= 0.3 is 0 Å². The number of benzene rings is 2. The van der Waals surface area contributed by atoms with Crippen LogP contribution >= 0.6 is 0 Å². The van der Waals surface area contributed by atoms with Crippen LogP contribution in [0.2, 0.25) is 0 Å². The van der Waals surface area contributed by atoms with Crippen LogP contribution in [0.25, 0.3) is 0 Å². The van der Waals surface area contributed by atoms with E-state index in [0.717, 1.165) is 32.0 Å². The van der Waals surface area contributed by atoms with Gasteiger partial charge in [0, 0.05) is 0 Å². The van der Waals surface area contributed by atoms with E-state index in [1.165, 1.54) is 12.1 Å². The molecule has 0 amide bonds. The minimum absolute atomic E-state index is 0.0215. The Hall–Kier alpha value is -2.08. The van der Waals surface area contributed by atoms with Gasteiger partial charge in [0.05, 0.1) is 0 Å². The minimum atomic E-state index is -1.38. The molecule has 0 aliphatic carbocycles. The second-order valence-corrected chi connectivity index (χ2v) is 5.80. The van der Waals surface area contributed by atoms with Crippen LogP contribution in [-0.2, 0) is 6.61 Å². The maximum atomic E-state index is 14.3. The van der Waals surface area contributed by atoms with Crippen molar-refractivity contribution in [3.63, 3.8) is 0 Å². The molecular weight excluding hydrogens is 322 g/mol. The first-order chi connectivity index (χ1) is 11.6. The van der Waals surface area contributed by atoms with Gasteiger partial charge in [-0.25, -0.2) is 13.2 Å². The maximum Gasteiger partial charge on any atom is 0.203 e. The Morgan fingerprint density at radius 1 is 0.917 bits per heavy atom. The predicted molar refractivity (Wildman–Crippen MR) is 81.9 cm³/mol. The lowest BCUT2D eigenvalue weighted by Crippen LogP contribution is -2.27. The van der Waals surface area contributed by atoms with Gasteiger partial charge in [-0.1, -0.05) is 12.1 Å². The summed E-state index contributed by atoms with van der Waals surface area (Å²) in [6, 6.07) is 6.05. The topological polar surface area (TPSA) is 21.3 Å². The Labute approximate surface area is 137 Å². The van der Waals surface area contributed by atoms with Gasteiger partial charge in [0.2, 0.25) is 5.82 Å². The molecule has 1 saturated heterocycles. The van der Waals surface area contributed by atoms with Gasteiger partial charge in [-0.05, 0) is 61.2 Å². The molecule has 0 unspecified atom stereocenters. The zero-order valence-corrected chi connectivity index (χ0v) is 12.9. The second-order valence-electron chi connectivity index (χ2n) is 5.80. The van der Waals surface area contributed by atoms with E-state index in [9.17, 15) is 17.6 Å². The summed E-state index contributed by atoms with van der Waals surface area (Å²) in [7, 11) is 0. The van der Waals surface area contributed by atoms with Crippen molar-refractivity contribution in [3.8, 4) is 5.75 Å². The molecule has 128 valence electrons. The molecule has 2 aromatic carbocycles. The SMILES string of the molecule is Fc1ccc(F)c(OCc2cccc(F)c2C2CCNCC2)c1F. The molecule has 0 aromatic heterocycles. The van der Waals surface area contributed by atoms with Gasteiger partial charge in [-0.2, -0.15) is 4.39 Å². The molecule has 1 aliphatic heterocycles. The van der Waals surface area contributed by atoms with E-state index in [2.05, 4.69) is 5.32 Å². The van der Waals surface area contributed by atoms with Crippen molar-refractivity contribution >= 4 is 0 Å². The lowest BCUT2D eigenvalue weighted by Gasteiger charge is -2.25. The Kier molecular flexibility index (Phi) is 5.04. The average Bonchev–Trinajstić information content (AvgIpc) is 2.59. The molecule has 1 N–H and O–H groups in total. The van der Waals surface area contributed by atoms with Gasteiger partial charge in [0.15, 0.2) is 17.4 Å². The number of hydrogen-bond donors (Lipinski definition) is 1. The molecule has 0 radical (unpaired) electrons. The van der Waals surface area contributed by atoms with E-state index >= 15 is 0 Å². The van der Waals surface area contributed by atoms with E-state index in [-0.39, 0.29) is 18.3 Å². The molecule has 1 heterocycles. The molecule has 0 saturated carbocycles. The standard InChI is InChI=1S/C18H17F4NO/c19-13-3-1-2-12(16(13)11-6-8-23-9-7-11)10-24-18-15(21)5-4-14(20)17(18)22/h1-5,11,23H,6-10H2. The molecule has 2 aromatic rings. The molecule has 0 bridgehead atoms. The number of halogens is 4. The Morgan fingerprint density at radius 2 is 1.62 bits per heavy atom. The monoisotopic (exact) mass is 339 g/mol. The van der Waals surface area contributed by atoms with Crippen molar-refractivity contribution in [1.29, 1.82) is 0 Å². The number of hydrogen-bond acceptors (Lipinski definition) is 2. The van der Waals surface area contributed by atoms with Crippen molar-refractivity contribution in [2.75, 3.05) is 13.1 Å². The van der Waals surface area contributed by atoms with Gasteiger partial charge in [-0.15, -0.1) is 0 Å². The largest absolute Gasteiger partial charge is 0.483 e. The number of piperidine rings is 1. The van der Waals surface area contributed by atoms with Gasteiger partial charge in [-0.3, -0.25) is 0 Å². The number of ether oxygens (including phenoxy) is 1. The molecule has 0 atom stereocenters. The zero-order chi connectivity index (χ0) is 17.1. The van der Waals surface area contributed by atoms with Crippen molar-refractivity contribution in [2.24, 2.45) is 0 Å². The molecule has 6 heteroatoms. The summed E-state index contributed by atoms with van der Waals surface area (Å²) in [5, 5.41) is 3.21. The first kappa shape index (κ1) is 16.8.